The highest BCUT2D eigenvalue weighted by Crippen LogP contribution is 2.48. The lowest BCUT2D eigenvalue weighted by Crippen LogP contribution is -2.49. The molecule has 3 aliphatic rings. The molecule has 3 atom stereocenters. The van der Waals surface area contributed by atoms with E-state index in [1.165, 1.54) is 6.07 Å². The van der Waals surface area contributed by atoms with Gasteiger partial charge in [-0.25, -0.2) is 8.78 Å². The molecule has 2 saturated heterocycles. The van der Waals surface area contributed by atoms with E-state index >= 15 is 4.39 Å². The molecule has 2 aromatic carbocycles. The predicted molar refractivity (Wildman–Crippen MR) is 118 cm³/mol. The van der Waals surface area contributed by atoms with Crippen molar-refractivity contribution in [1.82, 2.24) is 4.90 Å². The monoisotopic (exact) mass is 441 g/mol. The van der Waals surface area contributed by atoms with Crippen LogP contribution in [0.2, 0.25) is 0 Å². The topological polar surface area (TPSA) is 38.8 Å². The average molecular weight is 442 g/mol. The summed E-state index contributed by atoms with van der Waals surface area (Å²) in [5.74, 6) is 0.546. The average Bonchev–Trinajstić information content (AvgIpc) is 3.19. The van der Waals surface area contributed by atoms with Gasteiger partial charge in [0, 0.05) is 30.1 Å². The number of halogens is 2. The van der Waals surface area contributed by atoms with E-state index in [0.717, 1.165) is 24.0 Å². The van der Waals surface area contributed by atoms with E-state index in [1.807, 2.05) is 12.1 Å². The zero-order valence-electron chi connectivity index (χ0n) is 18.6. The summed E-state index contributed by atoms with van der Waals surface area (Å²) >= 11 is 0. The molecule has 2 heterocycles. The summed E-state index contributed by atoms with van der Waals surface area (Å²) in [4.78, 5) is 15.4. The van der Waals surface area contributed by atoms with Crippen molar-refractivity contribution < 1.29 is 23.0 Å². The van der Waals surface area contributed by atoms with E-state index in [-0.39, 0.29) is 36.0 Å². The van der Waals surface area contributed by atoms with Crippen molar-refractivity contribution in [2.45, 2.75) is 62.8 Å². The maximum atomic E-state index is 16.1. The second-order valence-electron chi connectivity index (χ2n) is 9.58. The van der Waals surface area contributed by atoms with Crippen molar-refractivity contribution in [2.24, 2.45) is 5.92 Å². The minimum absolute atomic E-state index is 0.00696. The van der Waals surface area contributed by atoms with E-state index in [4.69, 9.17) is 9.47 Å². The first kappa shape index (κ1) is 21.4. The first-order valence-corrected chi connectivity index (χ1v) is 11.4. The highest BCUT2D eigenvalue weighted by molar-refractivity contribution is 6.03. The molecule has 2 aromatic rings. The number of Topliss-reactive ketones (excluding diaryl/α,β-unsaturated/α-hetero) is 1. The summed E-state index contributed by atoms with van der Waals surface area (Å²) in [6.07, 6.45) is 3.59. The van der Waals surface area contributed by atoms with Gasteiger partial charge in [0.15, 0.2) is 17.3 Å². The fraction of sp³-hybridized carbons (Fsp3) is 0.500. The van der Waals surface area contributed by atoms with Crippen LogP contribution in [0.25, 0.3) is 0 Å². The third-order valence-electron chi connectivity index (χ3n) is 7.55. The fourth-order valence-electron chi connectivity index (χ4n) is 6.16. The number of hydrogen-bond acceptors (Lipinski definition) is 4. The van der Waals surface area contributed by atoms with Gasteiger partial charge in [-0.1, -0.05) is 12.1 Å². The molecular formula is C26H29F2NO3. The molecule has 0 radical (unpaired) electrons. The van der Waals surface area contributed by atoms with E-state index in [1.54, 1.807) is 32.4 Å². The summed E-state index contributed by atoms with van der Waals surface area (Å²) in [5.41, 5.74) is 1.12. The summed E-state index contributed by atoms with van der Waals surface area (Å²) in [6, 6.07) is 10.5. The second kappa shape index (κ2) is 8.14. The van der Waals surface area contributed by atoms with Crippen molar-refractivity contribution in [3.05, 3.63) is 58.9 Å². The Morgan fingerprint density at radius 1 is 1.06 bits per heavy atom. The number of benzene rings is 2. The molecule has 0 aromatic heterocycles. The molecule has 2 bridgehead atoms. The molecule has 5 rings (SSSR count). The van der Waals surface area contributed by atoms with Crippen LogP contribution in [0.1, 0.15) is 53.6 Å². The summed E-state index contributed by atoms with van der Waals surface area (Å²) in [5, 5.41) is 0. The number of hydrogen-bond donors (Lipinski definition) is 0. The van der Waals surface area contributed by atoms with Crippen molar-refractivity contribution in [3.8, 4) is 11.5 Å². The van der Waals surface area contributed by atoms with Gasteiger partial charge in [0.05, 0.1) is 14.2 Å². The minimum atomic E-state index is -1.35. The maximum absolute atomic E-state index is 16.1. The summed E-state index contributed by atoms with van der Waals surface area (Å²) in [6.45, 7) is 0.649. The van der Waals surface area contributed by atoms with Crippen molar-refractivity contribution in [3.63, 3.8) is 0 Å². The first-order chi connectivity index (χ1) is 15.4. The number of piperidine rings is 1. The number of alkyl halides is 1. The van der Waals surface area contributed by atoms with Gasteiger partial charge in [0.1, 0.15) is 11.5 Å². The van der Waals surface area contributed by atoms with Crippen LogP contribution in [0.5, 0.6) is 11.5 Å². The Labute approximate surface area is 187 Å². The zero-order chi connectivity index (χ0) is 22.5. The van der Waals surface area contributed by atoms with E-state index in [2.05, 4.69) is 4.90 Å². The number of fused-ring (bicyclic) bond motifs is 3. The van der Waals surface area contributed by atoms with Crippen LogP contribution in [0.4, 0.5) is 8.78 Å². The molecule has 0 N–H and O–H groups in total. The Morgan fingerprint density at radius 2 is 1.75 bits per heavy atom. The number of ketones is 1. The number of ether oxygens (including phenoxy) is 2. The van der Waals surface area contributed by atoms with Crippen molar-refractivity contribution in [2.75, 3.05) is 14.2 Å². The normalized spacial score (nSPS) is 29.2. The summed E-state index contributed by atoms with van der Waals surface area (Å²) < 4.78 is 40.4. The number of nitrogens with zero attached hydrogens (tertiary/aromatic N) is 1. The largest absolute Gasteiger partial charge is 0.493 e. The van der Waals surface area contributed by atoms with Crippen LogP contribution in [0, 0.1) is 11.7 Å². The lowest BCUT2D eigenvalue weighted by Gasteiger charge is -2.43. The van der Waals surface area contributed by atoms with E-state index in [9.17, 15) is 9.18 Å². The van der Waals surface area contributed by atoms with Gasteiger partial charge in [-0.3, -0.25) is 9.69 Å². The van der Waals surface area contributed by atoms with Crippen molar-refractivity contribution >= 4 is 5.78 Å². The molecule has 2 aliphatic heterocycles. The Bertz CT molecular complexity index is 1030. The van der Waals surface area contributed by atoms with Gasteiger partial charge in [0.25, 0.3) is 0 Å². The number of carbonyl (C=O) groups excluding carboxylic acids is 1. The standard InChI is InChI=1S/C26H29F2NO3/c1-31-23-10-17-9-18(25(30)22(17)11-24(23)32-2)12-26(28)13-20-6-7-21(14-26)29(20)15-16-4-3-5-19(27)8-16/h3-5,8,10-11,18,20-21H,6-7,9,12-15H2,1-2H3. The van der Waals surface area contributed by atoms with Gasteiger partial charge < -0.3 is 9.47 Å². The third-order valence-corrected chi connectivity index (χ3v) is 7.55. The van der Waals surface area contributed by atoms with Gasteiger partial charge in [-0.15, -0.1) is 0 Å². The molecular weight excluding hydrogens is 412 g/mol. The molecule has 2 fully saturated rings. The lowest BCUT2D eigenvalue weighted by molar-refractivity contribution is -0.00656. The first-order valence-electron chi connectivity index (χ1n) is 11.4. The second-order valence-corrected chi connectivity index (χ2v) is 9.58. The summed E-state index contributed by atoms with van der Waals surface area (Å²) in [7, 11) is 3.12. The molecule has 32 heavy (non-hydrogen) atoms. The van der Waals surface area contributed by atoms with E-state index in [0.29, 0.717) is 42.9 Å². The molecule has 4 nitrogen and oxygen atoms in total. The zero-order valence-corrected chi connectivity index (χ0v) is 18.6. The lowest BCUT2D eigenvalue weighted by atomic mass is 9.79. The minimum Gasteiger partial charge on any atom is -0.493 e. The Hall–Kier alpha value is -2.47. The van der Waals surface area contributed by atoms with Crippen LogP contribution >= 0.6 is 0 Å². The Kier molecular flexibility index (Phi) is 5.44. The molecule has 0 spiro atoms. The highest BCUT2D eigenvalue weighted by atomic mass is 19.1. The highest BCUT2D eigenvalue weighted by Gasteiger charge is 2.50. The molecule has 0 amide bonds. The smallest absolute Gasteiger partial charge is 0.166 e. The van der Waals surface area contributed by atoms with Crippen LogP contribution in [-0.4, -0.2) is 42.7 Å². The van der Waals surface area contributed by atoms with Crippen LogP contribution in [0.3, 0.4) is 0 Å². The van der Waals surface area contributed by atoms with Gasteiger partial charge in [-0.05, 0) is 73.9 Å². The number of carbonyl (C=O) groups is 1. The van der Waals surface area contributed by atoms with Crippen molar-refractivity contribution in [1.29, 1.82) is 0 Å². The SMILES string of the molecule is COc1cc2c(cc1OC)C(=O)C(CC1(F)CC3CCC(C1)N3Cc1cccc(F)c1)C2. The van der Waals surface area contributed by atoms with Gasteiger partial charge >= 0.3 is 0 Å². The molecule has 3 unspecified atom stereocenters. The molecule has 0 saturated carbocycles. The Balaban J connectivity index is 1.29. The molecule has 6 heteroatoms. The molecule has 1 aliphatic carbocycles. The Morgan fingerprint density at radius 3 is 2.41 bits per heavy atom. The van der Waals surface area contributed by atoms with Crippen LogP contribution < -0.4 is 9.47 Å². The fourth-order valence-corrected chi connectivity index (χ4v) is 6.16. The van der Waals surface area contributed by atoms with Crippen LogP contribution in [-0.2, 0) is 13.0 Å². The predicted octanol–water partition coefficient (Wildman–Crippen LogP) is 5.12. The third kappa shape index (κ3) is 3.79. The quantitative estimate of drug-likeness (QED) is 0.624. The van der Waals surface area contributed by atoms with E-state index < -0.39 is 5.67 Å². The van der Waals surface area contributed by atoms with Crippen LogP contribution in [0.15, 0.2) is 36.4 Å². The number of methoxy groups -OCH3 is 2. The van der Waals surface area contributed by atoms with Gasteiger partial charge in [-0.2, -0.15) is 0 Å². The van der Waals surface area contributed by atoms with Gasteiger partial charge in [0.2, 0.25) is 0 Å². The molecule has 170 valence electrons. The number of rotatable bonds is 6. The maximum Gasteiger partial charge on any atom is 0.166 e.